The van der Waals surface area contributed by atoms with Crippen molar-refractivity contribution >= 4 is 34.9 Å². The number of amides is 2. The van der Waals surface area contributed by atoms with Gasteiger partial charge in [-0.2, -0.15) is 0 Å². The highest BCUT2D eigenvalue weighted by Crippen LogP contribution is 2.25. The second-order valence-electron chi connectivity index (χ2n) is 2.38. The Labute approximate surface area is 91.1 Å². The molecular weight excluding hydrogens is 227 g/mol. The molecular formula is C8H8Cl2N2O2. The molecule has 1 rings (SSSR count). The Morgan fingerprint density at radius 1 is 1.43 bits per heavy atom. The fourth-order valence-electron chi connectivity index (χ4n) is 0.834. The molecule has 0 bridgehead atoms. The van der Waals surface area contributed by atoms with E-state index in [9.17, 15) is 4.79 Å². The molecule has 14 heavy (non-hydrogen) atoms. The lowest BCUT2D eigenvalue weighted by atomic mass is 10.3. The van der Waals surface area contributed by atoms with E-state index in [1.54, 1.807) is 18.2 Å². The quantitative estimate of drug-likeness (QED) is 0.774. The maximum atomic E-state index is 11.0. The molecule has 0 aliphatic heterocycles. The third-order valence-corrected chi connectivity index (χ3v) is 1.94. The van der Waals surface area contributed by atoms with Gasteiger partial charge in [-0.05, 0) is 18.2 Å². The first kappa shape index (κ1) is 11.1. The lowest BCUT2D eigenvalue weighted by Crippen LogP contribution is -2.27. The van der Waals surface area contributed by atoms with Gasteiger partial charge in [0, 0.05) is 5.02 Å². The maximum absolute atomic E-state index is 11.0. The van der Waals surface area contributed by atoms with E-state index < -0.39 is 6.03 Å². The second-order valence-corrected chi connectivity index (χ2v) is 3.23. The van der Waals surface area contributed by atoms with Crippen molar-refractivity contribution in [3.63, 3.8) is 0 Å². The van der Waals surface area contributed by atoms with E-state index in [0.29, 0.717) is 15.7 Å². The molecule has 0 aromatic heterocycles. The van der Waals surface area contributed by atoms with Gasteiger partial charge in [0.05, 0.1) is 17.8 Å². The number of rotatable bonds is 2. The molecule has 2 N–H and O–H groups in total. The van der Waals surface area contributed by atoms with Crippen LogP contribution in [-0.4, -0.2) is 13.1 Å². The summed E-state index contributed by atoms with van der Waals surface area (Å²) in [5.74, 6) is 0. The molecule has 0 unspecified atom stereocenters. The molecule has 0 fully saturated rings. The summed E-state index contributed by atoms with van der Waals surface area (Å²) in [5.41, 5.74) is 2.51. The summed E-state index contributed by atoms with van der Waals surface area (Å²) in [6.07, 6.45) is 0. The number of benzene rings is 1. The Hall–Kier alpha value is -0.970. The SMILES string of the molecule is CONC(=O)Nc1cc(Cl)ccc1Cl. The van der Waals surface area contributed by atoms with Gasteiger partial charge >= 0.3 is 6.03 Å². The number of carbonyl (C=O) groups is 1. The summed E-state index contributed by atoms with van der Waals surface area (Å²) in [4.78, 5) is 15.4. The molecule has 2 amide bonds. The van der Waals surface area contributed by atoms with E-state index in [2.05, 4.69) is 15.6 Å². The molecule has 1 aromatic carbocycles. The zero-order valence-electron chi connectivity index (χ0n) is 7.30. The fourth-order valence-corrected chi connectivity index (χ4v) is 1.17. The molecule has 0 aliphatic carbocycles. The van der Waals surface area contributed by atoms with Crippen molar-refractivity contribution in [2.24, 2.45) is 0 Å². The first-order valence-electron chi connectivity index (χ1n) is 3.68. The maximum Gasteiger partial charge on any atom is 0.343 e. The summed E-state index contributed by atoms with van der Waals surface area (Å²) in [5, 5.41) is 3.35. The number of hydrogen-bond acceptors (Lipinski definition) is 2. The lowest BCUT2D eigenvalue weighted by molar-refractivity contribution is 0.114. The van der Waals surface area contributed by atoms with Gasteiger partial charge in [0.15, 0.2) is 0 Å². The summed E-state index contributed by atoms with van der Waals surface area (Å²) >= 11 is 11.5. The fraction of sp³-hybridized carbons (Fsp3) is 0.125. The lowest BCUT2D eigenvalue weighted by Gasteiger charge is -2.07. The molecule has 4 nitrogen and oxygen atoms in total. The summed E-state index contributed by atoms with van der Waals surface area (Å²) in [7, 11) is 1.33. The van der Waals surface area contributed by atoms with Gasteiger partial charge in [-0.3, -0.25) is 4.84 Å². The molecule has 0 atom stereocenters. The first-order chi connectivity index (χ1) is 6.63. The van der Waals surface area contributed by atoms with Crippen LogP contribution in [0, 0.1) is 0 Å². The van der Waals surface area contributed by atoms with Crippen LogP contribution in [0.5, 0.6) is 0 Å². The van der Waals surface area contributed by atoms with Gasteiger partial charge in [-0.25, -0.2) is 10.3 Å². The second kappa shape index (κ2) is 5.05. The smallest absolute Gasteiger partial charge is 0.305 e. The molecule has 6 heteroatoms. The van der Waals surface area contributed by atoms with Gasteiger partial charge in [-0.1, -0.05) is 23.2 Å². The molecule has 0 radical (unpaired) electrons. The van der Waals surface area contributed by atoms with Gasteiger partial charge in [0.1, 0.15) is 0 Å². The number of anilines is 1. The monoisotopic (exact) mass is 234 g/mol. The van der Waals surface area contributed by atoms with Crippen molar-refractivity contribution < 1.29 is 9.63 Å². The van der Waals surface area contributed by atoms with Crippen LogP contribution in [0.4, 0.5) is 10.5 Å². The van der Waals surface area contributed by atoms with Crippen molar-refractivity contribution in [3.05, 3.63) is 28.2 Å². The van der Waals surface area contributed by atoms with Crippen molar-refractivity contribution in [1.82, 2.24) is 5.48 Å². The number of hydroxylamine groups is 1. The standard InChI is InChI=1S/C8H8Cl2N2O2/c1-14-12-8(13)11-7-4-5(9)2-3-6(7)10/h2-4H,1H3,(H2,11,12,13). The first-order valence-corrected chi connectivity index (χ1v) is 4.44. The van der Waals surface area contributed by atoms with E-state index in [-0.39, 0.29) is 0 Å². The molecule has 0 saturated heterocycles. The van der Waals surface area contributed by atoms with Crippen LogP contribution in [0.15, 0.2) is 18.2 Å². The van der Waals surface area contributed by atoms with Crippen molar-refractivity contribution in [1.29, 1.82) is 0 Å². The average Bonchev–Trinajstić information content (AvgIpc) is 2.12. The minimum atomic E-state index is -0.517. The largest absolute Gasteiger partial charge is 0.343 e. The number of nitrogens with one attached hydrogen (secondary N) is 2. The number of urea groups is 1. The van der Waals surface area contributed by atoms with E-state index in [1.807, 2.05) is 0 Å². The Bertz CT molecular complexity index is 344. The Morgan fingerprint density at radius 2 is 2.14 bits per heavy atom. The summed E-state index contributed by atoms with van der Waals surface area (Å²) in [6, 6.07) is 4.24. The van der Waals surface area contributed by atoms with Gasteiger partial charge in [-0.15, -0.1) is 0 Å². The Morgan fingerprint density at radius 3 is 2.79 bits per heavy atom. The number of carbonyl (C=O) groups excluding carboxylic acids is 1. The molecule has 0 saturated carbocycles. The normalized spacial score (nSPS) is 9.64. The predicted octanol–water partition coefficient (Wildman–Crippen LogP) is 2.68. The summed E-state index contributed by atoms with van der Waals surface area (Å²) in [6.45, 7) is 0. The van der Waals surface area contributed by atoms with Crippen LogP contribution < -0.4 is 10.8 Å². The van der Waals surface area contributed by atoms with Gasteiger partial charge < -0.3 is 5.32 Å². The molecule has 76 valence electrons. The van der Waals surface area contributed by atoms with E-state index in [0.717, 1.165) is 0 Å². The highest BCUT2D eigenvalue weighted by Gasteiger charge is 2.05. The van der Waals surface area contributed by atoms with Crippen LogP contribution in [0.1, 0.15) is 0 Å². The van der Waals surface area contributed by atoms with Crippen LogP contribution in [0.2, 0.25) is 10.0 Å². The van der Waals surface area contributed by atoms with Crippen molar-refractivity contribution in [2.75, 3.05) is 12.4 Å². The van der Waals surface area contributed by atoms with Crippen molar-refractivity contribution in [3.8, 4) is 0 Å². The minimum Gasteiger partial charge on any atom is -0.305 e. The van der Waals surface area contributed by atoms with Crippen LogP contribution in [0.25, 0.3) is 0 Å². The number of halogens is 2. The molecule has 0 spiro atoms. The molecule has 1 aromatic rings. The van der Waals surface area contributed by atoms with Crippen molar-refractivity contribution in [2.45, 2.75) is 0 Å². The zero-order chi connectivity index (χ0) is 10.6. The van der Waals surface area contributed by atoms with E-state index in [4.69, 9.17) is 23.2 Å². The highest BCUT2D eigenvalue weighted by atomic mass is 35.5. The van der Waals surface area contributed by atoms with Gasteiger partial charge in [0.2, 0.25) is 0 Å². The van der Waals surface area contributed by atoms with E-state index in [1.165, 1.54) is 7.11 Å². The average molecular weight is 235 g/mol. The predicted molar refractivity (Wildman–Crippen MR) is 55.6 cm³/mol. The Balaban J connectivity index is 2.75. The zero-order valence-corrected chi connectivity index (χ0v) is 8.82. The van der Waals surface area contributed by atoms with Crippen LogP contribution in [0.3, 0.4) is 0 Å². The highest BCUT2D eigenvalue weighted by molar-refractivity contribution is 6.35. The topological polar surface area (TPSA) is 50.4 Å². The molecule has 0 aliphatic rings. The third kappa shape index (κ3) is 3.06. The van der Waals surface area contributed by atoms with E-state index >= 15 is 0 Å². The third-order valence-electron chi connectivity index (χ3n) is 1.37. The number of hydrogen-bond donors (Lipinski definition) is 2. The minimum absolute atomic E-state index is 0.403. The van der Waals surface area contributed by atoms with Gasteiger partial charge in [0.25, 0.3) is 0 Å². The summed E-state index contributed by atoms with van der Waals surface area (Å²) < 4.78 is 0. The molecule has 0 heterocycles. The van der Waals surface area contributed by atoms with Crippen LogP contribution >= 0.6 is 23.2 Å². The Kier molecular flexibility index (Phi) is 4.00. The van der Waals surface area contributed by atoms with Crippen LogP contribution in [-0.2, 0) is 4.84 Å².